The van der Waals surface area contributed by atoms with Crippen LogP contribution in [0.3, 0.4) is 0 Å². The third-order valence-corrected chi connectivity index (χ3v) is 3.97. The van der Waals surface area contributed by atoms with E-state index in [4.69, 9.17) is 0 Å². The summed E-state index contributed by atoms with van der Waals surface area (Å²) < 4.78 is 1.86. The van der Waals surface area contributed by atoms with Crippen molar-refractivity contribution in [3.8, 4) is 5.69 Å². The first kappa shape index (κ1) is 16.8. The van der Waals surface area contributed by atoms with Gasteiger partial charge in [-0.05, 0) is 29.3 Å². The van der Waals surface area contributed by atoms with E-state index in [0.29, 0.717) is 6.54 Å². The summed E-state index contributed by atoms with van der Waals surface area (Å²) in [5.74, 6) is 0.869. The molecule has 0 fully saturated rings. The summed E-state index contributed by atoms with van der Waals surface area (Å²) in [7, 11) is 3.85. The van der Waals surface area contributed by atoms with Crippen LogP contribution in [0.25, 0.3) is 5.69 Å². The lowest BCUT2D eigenvalue weighted by Gasteiger charge is -2.22. The van der Waals surface area contributed by atoms with Gasteiger partial charge in [0.2, 0.25) is 0 Å². The molecular weight excluding hydrogens is 310 g/mol. The summed E-state index contributed by atoms with van der Waals surface area (Å²) in [6.45, 7) is 1.52. The predicted molar refractivity (Wildman–Crippen MR) is 102 cm³/mol. The Kier molecular flexibility index (Phi) is 5.46. The van der Waals surface area contributed by atoms with Gasteiger partial charge < -0.3 is 10.2 Å². The number of nitrogens with one attached hydrogen (secondary N) is 1. The average Bonchev–Trinajstić information content (AvgIpc) is 3.18. The average molecular weight is 333 g/mol. The summed E-state index contributed by atoms with van der Waals surface area (Å²) in [5.41, 5.74) is 3.49. The molecule has 0 amide bonds. The van der Waals surface area contributed by atoms with E-state index in [-0.39, 0.29) is 0 Å². The molecule has 2 aromatic carbocycles. The van der Waals surface area contributed by atoms with Gasteiger partial charge in [-0.3, -0.25) is 4.99 Å². The number of benzene rings is 2. The van der Waals surface area contributed by atoms with E-state index in [1.165, 1.54) is 11.1 Å². The van der Waals surface area contributed by atoms with Crippen molar-refractivity contribution in [2.45, 2.75) is 13.1 Å². The van der Waals surface area contributed by atoms with E-state index < -0.39 is 0 Å². The molecule has 0 radical (unpaired) electrons. The Morgan fingerprint density at radius 3 is 2.60 bits per heavy atom. The fraction of sp³-hybridized carbons (Fsp3) is 0.200. The number of nitrogens with zero attached hydrogens (tertiary/aromatic N) is 4. The monoisotopic (exact) mass is 333 g/mol. The second-order valence-electron chi connectivity index (χ2n) is 5.86. The molecule has 0 atom stereocenters. The molecule has 0 aliphatic rings. The van der Waals surface area contributed by atoms with E-state index in [2.05, 4.69) is 56.7 Å². The molecule has 0 aliphatic heterocycles. The zero-order valence-electron chi connectivity index (χ0n) is 14.6. The van der Waals surface area contributed by atoms with Crippen molar-refractivity contribution in [1.29, 1.82) is 0 Å². The minimum absolute atomic E-state index is 0.709. The third kappa shape index (κ3) is 4.47. The summed E-state index contributed by atoms with van der Waals surface area (Å²) in [6, 6.07) is 20.6. The lowest BCUT2D eigenvalue weighted by molar-refractivity contribution is 0.476. The lowest BCUT2D eigenvalue weighted by Crippen LogP contribution is -2.38. The molecule has 3 rings (SSSR count). The van der Waals surface area contributed by atoms with Crippen molar-refractivity contribution in [2.24, 2.45) is 4.99 Å². The molecule has 0 unspecified atom stereocenters. The Morgan fingerprint density at radius 2 is 1.88 bits per heavy atom. The highest BCUT2D eigenvalue weighted by Gasteiger charge is 2.07. The van der Waals surface area contributed by atoms with Crippen LogP contribution >= 0.6 is 0 Å². The first-order chi connectivity index (χ1) is 12.3. The summed E-state index contributed by atoms with van der Waals surface area (Å²) >= 11 is 0. The van der Waals surface area contributed by atoms with Crippen LogP contribution in [0.1, 0.15) is 11.1 Å². The summed E-state index contributed by atoms with van der Waals surface area (Å²) in [5, 5.41) is 7.70. The van der Waals surface area contributed by atoms with Gasteiger partial charge in [0.1, 0.15) is 0 Å². The number of hydrogen-bond donors (Lipinski definition) is 1. The van der Waals surface area contributed by atoms with E-state index in [1.54, 1.807) is 6.20 Å². The molecule has 0 spiro atoms. The van der Waals surface area contributed by atoms with Crippen molar-refractivity contribution in [3.63, 3.8) is 0 Å². The largest absolute Gasteiger partial charge is 0.352 e. The smallest absolute Gasteiger partial charge is 0.193 e. The molecule has 5 heteroatoms. The molecule has 5 nitrogen and oxygen atoms in total. The van der Waals surface area contributed by atoms with Crippen LogP contribution in [0.5, 0.6) is 0 Å². The quantitative estimate of drug-likeness (QED) is 0.576. The topological polar surface area (TPSA) is 45.5 Å². The Hall–Kier alpha value is -3.08. The zero-order valence-corrected chi connectivity index (χ0v) is 14.6. The fourth-order valence-electron chi connectivity index (χ4n) is 2.73. The van der Waals surface area contributed by atoms with Crippen molar-refractivity contribution in [2.75, 3.05) is 14.1 Å². The Bertz CT molecular complexity index is 809. The van der Waals surface area contributed by atoms with Crippen molar-refractivity contribution in [1.82, 2.24) is 20.0 Å². The maximum absolute atomic E-state index is 4.39. The Morgan fingerprint density at radius 1 is 1.08 bits per heavy atom. The Labute approximate surface area is 148 Å². The number of rotatable bonds is 5. The molecule has 1 aromatic heterocycles. The molecule has 3 aromatic rings. The van der Waals surface area contributed by atoms with Crippen molar-refractivity contribution in [3.05, 3.63) is 84.2 Å². The first-order valence-corrected chi connectivity index (χ1v) is 8.31. The Balaban J connectivity index is 1.62. The molecule has 0 bridgehead atoms. The highest BCUT2D eigenvalue weighted by atomic mass is 15.3. The van der Waals surface area contributed by atoms with Crippen LogP contribution in [-0.2, 0) is 13.1 Å². The molecule has 128 valence electrons. The van der Waals surface area contributed by atoms with E-state index in [1.807, 2.05) is 49.2 Å². The summed E-state index contributed by atoms with van der Waals surface area (Å²) in [6.07, 6.45) is 3.73. The molecule has 0 aliphatic carbocycles. The van der Waals surface area contributed by atoms with Crippen molar-refractivity contribution < 1.29 is 0 Å². The fourth-order valence-corrected chi connectivity index (χ4v) is 2.73. The van der Waals surface area contributed by atoms with E-state index in [9.17, 15) is 0 Å². The van der Waals surface area contributed by atoms with Gasteiger partial charge in [0.15, 0.2) is 5.96 Å². The van der Waals surface area contributed by atoms with Gasteiger partial charge >= 0.3 is 0 Å². The van der Waals surface area contributed by atoms with Gasteiger partial charge in [-0.15, -0.1) is 0 Å². The van der Waals surface area contributed by atoms with Gasteiger partial charge in [-0.25, -0.2) is 4.68 Å². The molecular formula is C20H23N5. The molecule has 0 saturated carbocycles. The maximum Gasteiger partial charge on any atom is 0.193 e. The van der Waals surface area contributed by atoms with Gasteiger partial charge in [0, 0.05) is 39.6 Å². The summed E-state index contributed by atoms with van der Waals surface area (Å²) in [4.78, 5) is 6.50. The standard InChI is InChI=1S/C20H23N5/c1-21-20(24(2)16-17-8-4-3-5-9-17)22-15-18-10-6-11-19(14-18)25-13-7-12-23-25/h3-14H,15-16H2,1-2H3,(H,21,22). The molecule has 0 saturated heterocycles. The maximum atomic E-state index is 4.39. The van der Waals surface area contributed by atoms with Gasteiger partial charge in [-0.2, -0.15) is 5.10 Å². The van der Waals surface area contributed by atoms with E-state index in [0.717, 1.165) is 18.2 Å². The van der Waals surface area contributed by atoms with Crippen LogP contribution in [0.2, 0.25) is 0 Å². The molecule has 25 heavy (non-hydrogen) atoms. The second-order valence-corrected chi connectivity index (χ2v) is 5.86. The lowest BCUT2D eigenvalue weighted by atomic mass is 10.2. The second kappa shape index (κ2) is 8.15. The highest BCUT2D eigenvalue weighted by molar-refractivity contribution is 5.79. The normalized spacial score (nSPS) is 11.4. The number of aliphatic imine (C=N–C) groups is 1. The van der Waals surface area contributed by atoms with Gasteiger partial charge in [-0.1, -0.05) is 42.5 Å². The van der Waals surface area contributed by atoms with Crippen LogP contribution in [0.15, 0.2) is 78.0 Å². The minimum atomic E-state index is 0.709. The molecule has 1 heterocycles. The first-order valence-electron chi connectivity index (χ1n) is 8.31. The predicted octanol–water partition coefficient (Wildman–Crippen LogP) is 3.08. The van der Waals surface area contributed by atoms with E-state index >= 15 is 0 Å². The van der Waals surface area contributed by atoms with Crippen molar-refractivity contribution >= 4 is 5.96 Å². The van der Waals surface area contributed by atoms with Gasteiger partial charge in [0.05, 0.1) is 5.69 Å². The third-order valence-electron chi connectivity index (χ3n) is 3.97. The SMILES string of the molecule is CN=C(NCc1cccc(-n2cccn2)c1)N(C)Cc1ccccc1. The highest BCUT2D eigenvalue weighted by Crippen LogP contribution is 2.10. The number of guanidine groups is 1. The minimum Gasteiger partial charge on any atom is -0.352 e. The van der Waals surface area contributed by atoms with Gasteiger partial charge in [0.25, 0.3) is 0 Å². The van der Waals surface area contributed by atoms with Crippen LogP contribution in [0, 0.1) is 0 Å². The molecule has 1 N–H and O–H groups in total. The van der Waals surface area contributed by atoms with Crippen LogP contribution < -0.4 is 5.32 Å². The number of hydrogen-bond acceptors (Lipinski definition) is 2. The zero-order chi connectivity index (χ0) is 17.5. The van der Waals surface area contributed by atoms with Crippen LogP contribution in [-0.4, -0.2) is 34.7 Å². The number of aromatic nitrogens is 2. The van der Waals surface area contributed by atoms with Crippen LogP contribution in [0.4, 0.5) is 0 Å².